The lowest BCUT2D eigenvalue weighted by atomic mass is 10.3. The standard InChI is InChI=1S/C11H19N3O/c1-5-15-7-9(3)14-11-10(4)12-6-8(2)13-11/h6,9H,5,7H2,1-4H3,(H,13,14). The summed E-state index contributed by atoms with van der Waals surface area (Å²) < 4.78 is 5.33. The highest BCUT2D eigenvalue weighted by Crippen LogP contribution is 2.09. The number of anilines is 1. The van der Waals surface area contributed by atoms with Gasteiger partial charge in [0.2, 0.25) is 0 Å². The largest absolute Gasteiger partial charge is 0.380 e. The molecule has 0 radical (unpaired) electrons. The van der Waals surface area contributed by atoms with E-state index in [9.17, 15) is 0 Å². The molecule has 0 aromatic carbocycles. The van der Waals surface area contributed by atoms with Crippen molar-refractivity contribution in [3.05, 3.63) is 17.6 Å². The molecule has 0 aliphatic heterocycles. The highest BCUT2D eigenvalue weighted by Gasteiger charge is 2.06. The number of hydrogen-bond acceptors (Lipinski definition) is 4. The van der Waals surface area contributed by atoms with Crippen LogP contribution in [0.5, 0.6) is 0 Å². The Labute approximate surface area is 91.1 Å². The fourth-order valence-electron chi connectivity index (χ4n) is 1.24. The zero-order valence-corrected chi connectivity index (χ0v) is 9.87. The second-order valence-corrected chi connectivity index (χ2v) is 3.65. The Morgan fingerprint density at radius 3 is 2.87 bits per heavy atom. The van der Waals surface area contributed by atoms with Gasteiger partial charge < -0.3 is 10.1 Å². The lowest BCUT2D eigenvalue weighted by Crippen LogP contribution is -2.23. The summed E-state index contributed by atoms with van der Waals surface area (Å²) in [6.45, 7) is 9.37. The molecule has 0 saturated heterocycles. The SMILES string of the molecule is CCOCC(C)Nc1nc(C)cnc1C. The van der Waals surface area contributed by atoms with Crippen molar-refractivity contribution >= 4 is 5.82 Å². The molecule has 4 nitrogen and oxygen atoms in total. The van der Waals surface area contributed by atoms with E-state index in [1.165, 1.54) is 0 Å². The Kier molecular flexibility index (Phi) is 4.49. The number of rotatable bonds is 5. The van der Waals surface area contributed by atoms with Crippen LogP contribution < -0.4 is 5.32 Å². The first-order valence-corrected chi connectivity index (χ1v) is 5.28. The topological polar surface area (TPSA) is 47.0 Å². The van der Waals surface area contributed by atoms with Crippen LogP contribution in [0.2, 0.25) is 0 Å². The van der Waals surface area contributed by atoms with Crippen LogP contribution in [0.4, 0.5) is 5.82 Å². The zero-order valence-electron chi connectivity index (χ0n) is 9.87. The monoisotopic (exact) mass is 209 g/mol. The molecule has 1 rings (SSSR count). The van der Waals surface area contributed by atoms with Gasteiger partial charge in [-0.2, -0.15) is 0 Å². The van der Waals surface area contributed by atoms with E-state index in [2.05, 4.69) is 22.2 Å². The molecular weight excluding hydrogens is 190 g/mol. The van der Waals surface area contributed by atoms with E-state index in [1.807, 2.05) is 20.8 Å². The van der Waals surface area contributed by atoms with E-state index in [0.29, 0.717) is 6.61 Å². The second-order valence-electron chi connectivity index (χ2n) is 3.65. The third-order valence-corrected chi connectivity index (χ3v) is 2.03. The molecule has 1 atom stereocenters. The van der Waals surface area contributed by atoms with E-state index in [4.69, 9.17) is 4.74 Å². The number of nitrogens with one attached hydrogen (secondary N) is 1. The summed E-state index contributed by atoms with van der Waals surface area (Å²) in [5.41, 5.74) is 1.84. The Morgan fingerprint density at radius 1 is 1.47 bits per heavy atom. The number of nitrogens with zero attached hydrogens (tertiary/aromatic N) is 2. The van der Waals surface area contributed by atoms with Gasteiger partial charge in [0.05, 0.1) is 18.0 Å². The predicted molar refractivity (Wildman–Crippen MR) is 61.1 cm³/mol. The first-order chi connectivity index (χ1) is 7.13. The molecule has 1 heterocycles. The van der Waals surface area contributed by atoms with Gasteiger partial charge in [0.25, 0.3) is 0 Å². The van der Waals surface area contributed by atoms with Crippen molar-refractivity contribution in [2.24, 2.45) is 0 Å². The van der Waals surface area contributed by atoms with Gasteiger partial charge in [-0.3, -0.25) is 4.98 Å². The van der Waals surface area contributed by atoms with Gasteiger partial charge in [0, 0.05) is 18.8 Å². The van der Waals surface area contributed by atoms with Crippen molar-refractivity contribution in [1.29, 1.82) is 0 Å². The maximum Gasteiger partial charge on any atom is 0.148 e. The maximum atomic E-state index is 5.33. The van der Waals surface area contributed by atoms with E-state index >= 15 is 0 Å². The van der Waals surface area contributed by atoms with Gasteiger partial charge in [-0.05, 0) is 27.7 Å². The molecular formula is C11H19N3O. The minimum atomic E-state index is 0.250. The molecule has 1 aromatic rings. The Bertz CT molecular complexity index is 315. The summed E-state index contributed by atoms with van der Waals surface area (Å²) in [7, 11) is 0. The van der Waals surface area contributed by atoms with Crippen molar-refractivity contribution < 1.29 is 4.74 Å². The minimum Gasteiger partial charge on any atom is -0.380 e. The number of aryl methyl sites for hydroxylation is 2. The highest BCUT2D eigenvalue weighted by atomic mass is 16.5. The summed E-state index contributed by atoms with van der Waals surface area (Å²) in [6, 6.07) is 0.250. The van der Waals surface area contributed by atoms with E-state index < -0.39 is 0 Å². The minimum absolute atomic E-state index is 0.250. The quantitative estimate of drug-likeness (QED) is 0.805. The normalized spacial score (nSPS) is 12.5. The number of aromatic nitrogens is 2. The maximum absolute atomic E-state index is 5.33. The molecule has 0 saturated carbocycles. The molecule has 0 amide bonds. The van der Waals surface area contributed by atoms with Gasteiger partial charge >= 0.3 is 0 Å². The second kappa shape index (κ2) is 5.66. The smallest absolute Gasteiger partial charge is 0.148 e. The predicted octanol–water partition coefficient (Wildman–Crippen LogP) is 1.93. The fraction of sp³-hybridized carbons (Fsp3) is 0.636. The summed E-state index contributed by atoms with van der Waals surface area (Å²) >= 11 is 0. The Balaban J connectivity index is 2.59. The molecule has 0 aliphatic carbocycles. The summed E-state index contributed by atoms with van der Waals surface area (Å²) in [6.07, 6.45) is 1.77. The van der Waals surface area contributed by atoms with Gasteiger partial charge in [-0.1, -0.05) is 0 Å². The van der Waals surface area contributed by atoms with E-state index in [1.54, 1.807) is 6.20 Å². The molecule has 15 heavy (non-hydrogen) atoms. The van der Waals surface area contributed by atoms with Crippen LogP contribution in [0.1, 0.15) is 25.2 Å². The molecule has 0 bridgehead atoms. The molecule has 1 N–H and O–H groups in total. The van der Waals surface area contributed by atoms with Crippen molar-refractivity contribution in [2.75, 3.05) is 18.5 Å². The average Bonchev–Trinajstić information content (AvgIpc) is 2.20. The highest BCUT2D eigenvalue weighted by molar-refractivity contribution is 5.40. The molecule has 0 aliphatic rings. The van der Waals surface area contributed by atoms with Crippen molar-refractivity contribution in [2.45, 2.75) is 33.7 Å². The third kappa shape index (κ3) is 3.83. The molecule has 0 spiro atoms. The molecule has 4 heteroatoms. The molecule has 1 aromatic heterocycles. The van der Waals surface area contributed by atoms with Crippen molar-refractivity contribution in [3.63, 3.8) is 0 Å². The van der Waals surface area contributed by atoms with Crippen LogP contribution in [0.15, 0.2) is 6.20 Å². The van der Waals surface area contributed by atoms with Crippen LogP contribution >= 0.6 is 0 Å². The number of hydrogen-bond donors (Lipinski definition) is 1. The van der Waals surface area contributed by atoms with Crippen LogP contribution in [0.3, 0.4) is 0 Å². The van der Waals surface area contributed by atoms with Crippen molar-refractivity contribution in [3.8, 4) is 0 Å². The average molecular weight is 209 g/mol. The zero-order chi connectivity index (χ0) is 11.3. The van der Waals surface area contributed by atoms with E-state index in [-0.39, 0.29) is 6.04 Å². The van der Waals surface area contributed by atoms with Gasteiger partial charge in [0.1, 0.15) is 5.82 Å². The van der Waals surface area contributed by atoms with E-state index in [0.717, 1.165) is 23.8 Å². The molecule has 84 valence electrons. The van der Waals surface area contributed by atoms with Gasteiger partial charge in [-0.15, -0.1) is 0 Å². The fourth-order valence-corrected chi connectivity index (χ4v) is 1.24. The lowest BCUT2D eigenvalue weighted by Gasteiger charge is -2.15. The third-order valence-electron chi connectivity index (χ3n) is 2.03. The number of ether oxygens (including phenoxy) is 1. The van der Waals surface area contributed by atoms with Gasteiger partial charge in [0.15, 0.2) is 0 Å². The lowest BCUT2D eigenvalue weighted by molar-refractivity contribution is 0.141. The van der Waals surface area contributed by atoms with Crippen LogP contribution in [0, 0.1) is 13.8 Å². The Hall–Kier alpha value is -1.16. The van der Waals surface area contributed by atoms with Crippen molar-refractivity contribution in [1.82, 2.24) is 9.97 Å². The Morgan fingerprint density at radius 2 is 2.20 bits per heavy atom. The van der Waals surface area contributed by atoms with Gasteiger partial charge in [-0.25, -0.2) is 4.98 Å². The van der Waals surface area contributed by atoms with Crippen LogP contribution in [-0.4, -0.2) is 29.2 Å². The summed E-state index contributed by atoms with van der Waals surface area (Å²) in [5, 5.41) is 3.29. The summed E-state index contributed by atoms with van der Waals surface area (Å²) in [4.78, 5) is 8.64. The first kappa shape index (κ1) is 11.9. The summed E-state index contributed by atoms with van der Waals surface area (Å²) in [5.74, 6) is 0.849. The first-order valence-electron chi connectivity index (χ1n) is 5.28. The molecule has 0 fully saturated rings. The van der Waals surface area contributed by atoms with Crippen LogP contribution in [-0.2, 0) is 4.74 Å². The van der Waals surface area contributed by atoms with Crippen LogP contribution in [0.25, 0.3) is 0 Å². The molecule has 1 unspecified atom stereocenters.